The van der Waals surface area contributed by atoms with Crippen LogP contribution < -0.4 is 14.8 Å². The zero-order valence-electron chi connectivity index (χ0n) is 16.5. The van der Waals surface area contributed by atoms with Crippen molar-refractivity contribution >= 4 is 32.1 Å². The van der Waals surface area contributed by atoms with Crippen molar-refractivity contribution in [3.63, 3.8) is 0 Å². The Morgan fingerprint density at radius 1 is 0.833 bits per heavy atom. The number of methoxy groups -OCH3 is 2. The van der Waals surface area contributed by atoms with Crippen molar-refractivity contribution in [2.24, 2.45) is 0 Å². The highest BCUT2D eigenvalue weighted by Gasteiger charge is 2.24. The number of ether oxygens (including phenoxy) is 2. The van der Waals surface area contributed by atoms with Gasteiger partial charge >= 0.3 is 0 Å². The molecule has 4 aromatic rings. The van der Waals surface area contributed by atoms with E-state index in [4.69, 9.17) is 9.47 Å². The second-order valence-corrected chi connectivity index (χ2v) is 8.47. The maximum absolute atomic E-state index is 13.5. The Kier molecular flexibility index (Phi) is 5.29. The molecule has 30 heavy (non-hydrogen) atoms. The Morgan fingerprint density at radius 3 is 2.17 bits per heavy atom. The molecule has 0 aliphatic heterocycles. The number of benzene rings is 3. The van der Waals surface area contributed by atoms with E-state index in [1.54, 1.807) is 37.4 Å². The lowest BCUT2D eigenvalue weighted by atomic mass is 10.1. The molecule has 1 heterocycles. The molecule has 1 aromatic heterocycles. The first kappa shape index (κ1) is 19.7. The van der Waals surface area contributed by atoms with E-state index in [-0.39, 0.29) is 9.79 Å². The maximum Gasteiger partial charge on any atom is 0.210 e. The van der Waals surface area contributed by atoms with Crippen LogP contribution in [0.4, 0.5) is 11.4 Å². The van der Waals surface area contributed by atoms with Gasteiger partial charge in [-0.1, -0.05) is 18.2 Å². The fourth-order valence-electron chi connectivity index (χ4n) is 3.16. The monoisotopic (exact) mass is 420 g/mol. The molecule has 0 aliphatic carbocycles. The van der Waals surface area contributed by atoms with Crippen molar-refractivity contribution in [1.82, 2.24) is 4.98 Å². The van der Waals surface area contributed by atoms with Crippen LogP contribution in [-0.2, 0) is 9.84 Å². The number of aromatic nitrogens is 1. The van der Waals surface area contributed by atoms with Gasteiger partial charge in [0.2, 0.25) is 9.84 Å². The zero-order valence-corrected chi connectivity index (χ0v) is 17.3. The van der Waals surface area contributed by atoms with Crippen molar-refractivity contribution in [3.05, 3.63) is 79.0 Å². The third-order valence-electron chi connectivity index (χ3n) is 4.74. The summed E-state index contributed by atoms with van der Waals surface area (Å²) in [7, 11) is -0.747. The molecule has 0 fully saturated rings. The minimum Gasteiger partial charge on any atom is -0.497 e. The summed E-state index contributed by atoms with van der Waals surface area (Å²) in [6.07, 6.45) is 1.39. The van der Waals surface area contributed by atoms with Gasteiger partial charge in [-0.2, -0.15) is 0 Å². The molecule has 3 aromatic carbocycles. The van der Waals surface area contributed by atoms with Crippen LogP contribution in [-0.4, -0.2) is 27.6 Å². The van der Waals surface area contributed by atoms with Crippen LogP contribution in [0.15, 0.2) is 88.8 Å². The number of para-hydroxylation sites is 1. The zero-order chi connectivity index (χ0) is 21.1. The highest BCUT2D eigenvalue weighted by atomic mass is 32.2. The standard InChI is InChI=1S/C23H20N2O4S/c1-28-17-8-11-19(12-9-17)30(26,27)22-15-24-21-13-10-18(29-2)14-20(21)23(22)25-16-6-4-3-5-7-16/h3-15H,1-2H3,(H,24,25). The average molecular weight is 420 g/mol. The number of pyridine rings is 1. The number of nitrogens with one attached hydrogen (secondary N) is 1. The lowest BCUT2D eigenvalue weighted by Gasteiger charge is -2.16. The van der Waals surface area contributed by atoms with Gasteiger partial charge < -0.3 is 14.8 Å². The average Bonchev–Trinajstić information content (AvgIpc) is 2.79. The molecule has 6 nitrogen and oxygen atoms in total. The van der Waals surface area contributed by atoms with Crippen LogP contribution in [0.1, 0.15) is 0 Å². The Hall–Kier alpha value is -3.58. The Labute approximate surface area is 175 Å². The molecule has 0 amide bonds. The quantitative estimate of drug-likeness (QED) is 0.481. The van der Waals surface area contributed by atoms with E-state index >= 15 is 0 Å². The van der Waals surface area contributed by atoms with Gasteiger partial charge in [0.1, 0.15) is 16.4 Å². The minimum absolute atomic E-state index is 0.0808. The number of hydrogen-bond donors (Lipinski definition) is 1. The molecule has 0 saturated carbocycles. The summed E-state index contributed by atoms with van der Waals surface area (Å²) in [6.45, 7) is 0. The third-order valence-corrected chi connectivity index (χ3v) is 6.52. The fourth-order valence-corrected chi connectivity index (χ4v) is 4.53. The van der Waals surface area contributed by atoms with Gasteiger partial charge in [-0.15, -0.1) is 0 Å². The predicted molar refractivity (Wildman–Crippen MR) is 116 cm³/mol. The molecule has 0 atom stereocenters. The van der Waals surface area contributed by atoms with Crippen LogP contribution in [0.5, 0.6) is 11.5 Å². The molecule has 0 bridgehead atoms. The second-order valence-electron chi connectivity index (χ2n) is 6.55. The van der Waals surface area contributed by atoms with E-state index in [9.17, 15) is 8.42 Å². The topological polar surface area (TPSA) is 77.5 Å². The molecule has 0 unspecified atom stereocenters. The van der Waals surface area contributed by atoms with E-state index in [1.165, 1.54) is 25.4 Å². The summed E-state index contributed by atoms with van der Waals surface area (Å²) in [5.41, 5.74) is 1.86. The lowest BCUT2D eigenvalue weighted by molar-refractivity contribution is 0.414. The van der Waals surface area contributed by atoms with E-state index in [0.29, 0.717) is 28.1 Å². The predicted octanol–water partition coefficient (Wildman–Crippen LogP) is 4.83. The van der Waals surface area contributed by atoms with Crippen molar-refractivity contribution in [1.29, 1.82) is 0 Å². The summed E-state index contributed by atoms with van der Waals surface area (Å²) in [5.74, 6) is 1.19. The highest BCUT2D eigenvalue weighted by molar-refractivity contribution is 7.91. The molecular weight excluding hydrogens is 400 g/mol. The minimum atomic E-state index is -3.85. The molecule has 0 saturated heterocycles. The van der Waals surface area contributed by atoms with E-state index in [1.807, 2.05) is 30.3 Å². The van der Waals surface area contributed by atoms with Crippen molar-refractivity contribution in [3.8, 4) is 11.5 Å². The Bertz CT molecular complexity index is 1290. The molecule has 1 N–H and O–H groups in total. The summed E-state index contributed by atoms with van der Waals surface area (Å²) in [4.78, 5) is 4.62. The smallest absolute Gasteiger partial charge is 0.210 e. The third kappa shape index (κ3) is 3.67. The van der Waals surface area contributed by atoms with Gasteiger partial charge in [-0.25, -0.2) is 8.42 Å². The van der Waals surface area contributed by atoms with Crippen LogP contribution in [0.25, 0.3) is 10.9 Å². The first-order valence-corrected chi connectivity index (χ1v) is 10.7. The summed E-state index contributed by atoms with van der Waals surface area (Å²) in [5, 5.41) is 3.91. The fraction of sp³-hybridized carbons (Fsp3) is 0.0870. The molecular formula is C23H20N2O4S. The second kappa shape index (κ2) is 8.04. The van der Waals surface area contributed by atoms with Crippen LogP contribution in [0.3, 0.4) is 0 Å². The van der Waals surface area contributed by atoms with Gasteiger partial charge in [-0.3, -0.25) is 4.98 Å². The first-order valence-electron chi connectivity index (χ1n) is 9.21. The summed E-state index contributed by atoms with van der Waals surface area (Å²) >= 11 is 0. The van der Waals surface area contributed by atoms with Crippen molar-refractivity contribution in [2.45, 2.75) is 9.79 Å². The van der Waals surface area contributed by atoms with Crippen LogP contribution in [0.2, 0.25) is 0 Å². The van der Waals surface area contributed by atoms with Crippen molar-refractivity contribution < 1.29 is 17.9 Å². The van der Waals surface area contributed by atoms with Gasteiger partial charge in [0.05, 0.1) is 30.3 Å². The van der Waals surface area contributed by atoms with Gasteiger partial charge in [0.15, 0.2) is 0 Å². The van der Waals surface area contributed by atoms with Crippen LogP contribution >= 0.6 is 0 Å². The van der Waals surface area contributed by atoms with E-state index in [2.05, 4.69) is 10.3 Å². The molecule has 152 valence electrons. The van der Waals surface area contributed by atoms with Crippen LogP contribution in [0, 0.1) is 0 Å². The van der Waals surface area contributed by atoms with E-state index in [0.717, 1.165) is 5.69 Å². The van der Waals surface area contributed by atoms with Gasteiger partial charge in [0.25, 0.3) is 0 Å². The highest BCUT2D eigenvalue weighted by Crippen LogP contribution is 2.36. The largest absolute Gasteiger partial charge is 0.497 e. The molecule has 4 rings (SSSR count). The summed E-state index contributed by atoms with van der Waals surface area (Å²) in [6, 6.07) is 21.1. The Balaban J connectivity index is 1.94. The molecule has 0 radical (unpaired) electrons. The number of sulfone groups is 1. The van der Waals surface area contributed by atoms with E-state index < -0.39 is 9.84 Å². The lowest BCUT2D eigenvalue weighted by Crippen LogP contribution is -2.07. The van der Waals surface area contributed by atoms with Gasteiger partial charge in [-0.05, 0) is 54.6 Å². The number of hydrogen-bond acceptors (Lipinski definition) is 6. The Morgan fingerprint density at radius 2 is 1.50 bits per heavy atom. The SMILES string of the molecule is COc1ccc(S(=O)(=O)c2cnc3ccc(OC)cc3c2Nc2ccccc2)cc1. The number of rotatable bonds is 6. The number of nitrogens with zero attached hydrogens (tertiary/aromatic N) is 1. The molecule has 0 aliphatic rings. The summed E-state index contributed by atoms with van der Waals surface area (Å²) < 4.78 is 37.5. The normalized spacial score (nSPS) is 11.3. The van der Waals surface area contributed by atoms with Crippen molar-refractivity contribution in [2.75, 3.05) is 19.5 Å². The molecule has 7 heteroatoms. The number of anilines is 2. The first-order chi connectivity index (χ1) is 14.5. The number of fused-ring (bicyclic) bond motifs is 1. The van der Waals surface area contributed by atoms with Gasteiger partial charge in [0, 0.05) is 17.3 Å². The maximum atomic E-state index is 13.5. The molecule has 0 spiro atoms.